The predicted molar refractivity (Wildman–Crippen MR) is 77.2 cm³/mol. The van der Waals surface area contributed by atoms with Gasteiger partial charge in [-0.05, 0) is 0 Å². The van der Waals surface area contributed by atoms with Crippen LogP contribution in [0.15, 0.2) is 10.7 Å². The van der Waals surface area contributed by atoms with Crippen LogP contribution in [-0.4, -0.2) is 34.6 Å². The van der Waals surface area contributed by atoms with Crippen LogP contribution in [-0.2, 0) is 6.54 Å². The second kappa shape index (κ2) is 5.97. The van der Waals surface area contributed by atoms with Gasteiger partial charge in [-0.15, -0.1) is 0 Å². The second-order valence-corrected chi connectivity index (χ2v) is 7.20. The molecule has 0 spiro atoms. The fraction of sp³-hybridized carbons (Fsp3) is 0.769. The molecule has 5 heteroatoms. The summed E-state index contributed by atoms with van der Waals surface area (Å²) in [6.07, 6.45) is 1.77. The van der Waals surface area contributed by atoms with Crippen molar-refractivity contribution in [3.63, 3.8) is 0 Å². The third kappa shape index (κ3) is 3.65. The highest BCUT2D eigenvalue weighted by atomic mass is 32.2. The molecule has 1 aromatic heterocycles. The van der Waals surface area contributed by atoms with Crippen LogP contribution in [0.25, 0.3) is 0 Å². The molecule has 0 bridgehead atoms. The van der Waals surface area contributed by atoms with Crippen molar-refractivity contribution in [3.8, 4) is 0 Å². The van der Waals surface area contributed by atoms with Crippen LogP contribution in [0.1, 0.15) is 33.4 Å². The van der Waals surface area contributed by atoms with Gasteiger partial charge in [0.1, 0.15) is 6.26 Å². The van der Waals surface area contributed by atoms with Crippen LogP contribution in [0.4, 0.5) is 6.01 Å². The SMILES string of the molecule is CC(C)NCc1coc(N2CC(C)SC(C)C2)n1. The zero-order chi connectivity index (χ0) is 13.1. The van der Waals surface area contributed by atoms with Gasteiger partial charge in [0.05, 0.1) is 5.69 Å². The molecule has 0 aromatic carbocycles. The molecule has 0 aliphatic carbocycles. The molecule has 18 heavy (non-hydrogen) atoms. The molecule has 1 aromatic rings. The molecule has 102 valence electrons. The first-order valence-corrected chi connectivity index (χ1v) is 7.57. The van der Waals surface area contributed by atoms with E-state index in [9.17, 15) is 0 Å². The molecule has 0 saturated carbocycles. The lowest BCUT2D eigenvalue weighted by Gasteiger charge is -2.33. The Labute approximate surface area is 114 Å². The smallest absolute Gasteiger partial charge is 0.297 e. The molecule has 0 radical (unpaired) electrons. The van der Waals surface area contributed by atoms with E-state index in [1.807, 2.05) is 11.8 Å². The van der Waals surface area contributed by atoms with Crippen molar-refractivity contribution in [1.82, 2.24) is 10.3 Å². The number of nitrogens with zero attached hydrogens (tertiary/aromatic N) is 2. The minimum absolute atomic E-state index is 0.469. The highest BCUT2D eigenvalue weighted by Gasteiger charge is 2.25. The molecular formula is C13H23N3OS. The van der Waals surface area contributed by atoms with Crippen molar-refractivity contribution in [2.24, 2.45) is 0 Å². The van der Waals surface area contributed by atoms with E-state index >= 15 is 0 Å². The molecule has 2 atom stereocenters. The molecule has 1 saturated heterocycles. The largest absolute Gasteiger partial charge is 0.432 e. The van der Waals surface area contributed by atoms with E-state index in [2.05, 4.69) is 42.9 Å². The summed E-state index contributed by atoms with van der Waals surface area (Å²) in [4.78, 5) is 6.82. The number of hydrogen-bond donors (Lipinski definition) is 1. The molecule has 2 heterocycles. The fourth-order valence-corrected chi connectivity index (χ4v) is 3.49. The Morgan fingerprint density at radius 1 is 1.44 bits per heavy atom. The lowest BCUT2D eigenvalue weighted by atomic mass is 10.3. The van der Waals surface area contributed by atoms with Gasteiger partial charge >= 0.3 is 0 Å². The van der Waals surface area contributed by atoms with Gasteiger partial charge in [-0.25, -0.2) is 0 Å². The zero-order valence-electron chi connectivity index (χ0n) is 11.6. The van der Waals surface area contributed by atoms with Gasteiger partial charge in [0.15, 0.2) is 0 Å². The minimum Gasteiger partial charge on any atom is -0.432 e. The third-order valence-corrected chi connectivity index (χ3v) is 4.15. The summed E-state index contributed by atoms with van der Waals surface area (Å²) in [5.41, 5.74) is 0.984. The van der Waals surface area contributed by atoms with Gasteiger partial charge in [-0.1, -0.05) is 27.7 Å². The molecule has 2 unspecified atom stereocenters. The van der Waals surface area contributed by atoms with Crippen molar-refractivity contribution < 1.29 is 4.42 Å². The maximum atomic E-state index is 5.60. The number of anilines is 1. The van der Waals surface area contributed by atoms with Gasteiger partial charge in [-0.3, -0.25) is 0 Å². The summed E-state index contributed by atoms with van der Waals surface area (Å²) in [6, 6.07) is 1.24. The van der Waals surface area contributed by atoms with Gasteiger partial charge < -0.3 is 14.6 Å². The van der Waals surface area contributed by atoms with Gasteiger partial charge in [0.2, 0.25) is 0 Å². The van der Waals surface area contributed by atoms with E-state index in [0.29, 0.717) is 16.5 Å². The number of aromatic nitrogens is 1. The number of thioether (sulfide) groups is 1. The van der Waals surface area contributed by atoms with Crippen molar-refractivity contribution in [2.45, 2.75) is 50.8 Å². The Hall–Kier alpha value is -0.680. The number of oxazole rings is 1. The van der Waals surface area contributed by atoms with Crippen molar-refractivity contribution >= 4 is 17.8 Å². The topological polar surface area (TPSA) is 41.3 Å². The predicted octanol–water partition coefficient (Wildman–Crippen LogP) is 2.50. The summed E-state index contributed by atoms with van der Waals surface area (Å²) in [7, 11) is 0. The fourth-order valence-electron chi connectivity index (χ4n) is 2.17. The van der Waals surface area contributed by atoms with E-state index < -0.39 is 0 Å². The average Bonchev–Trinajstić information content (AvgIpc) is 2.73. The van der Waals surface area contributed by atoms with Crippen molar-refractivity contribution in [1.29, 1.82) is 0 Å². The molecule has 1 aliphatic heterocycles. The Kier molecular flexibility index (Phi) is 4.56. The van der Waals surface area contributed by atoms with E-state index in [4.69, 9.17) is 4.42 Å². The summed E-state index contributed by atoms with van der Waals surface area (Å²) in [5, 5.41) is 4.62. The molecule has 2 rings (SSSR count). The van der Waals surface area contributed by atoms with Gasteiger partial charge in [0, 0.05) is 36.2 Å². The summed E-state index contributed by atoms with van der Waals surface area (Å²) in [5.74, 6) is 0. The number of nitrogens with one attached hydrogen (secondary N) is 1. The maximum absolute atomic E-state index is 5.60. The third-order valence-electron chi connectivity index (χ3n) is 2.92. The number of hydrogen-bond acceptors (Lipinski definition) is 5. The van der Waals surface area contributed by atoms with E-state index in [1.54, 1.807) is 6.26 Å². The zero-order valence-corrected chi connectivity index (χ0v) is 12.5. The summed E-state index contributed by atoms with van der Waals surface area (Å²) >= 11 is 2.04. The Balaban J connectivity index is 1.96. The highest BCUT2D eigenvalue weighted by Crippen LogP contribution is 2.28. The van der Waals surface area contributed by atoms with Gasteiger partial charge in [-0.2, -0.15) is 16.7 Å². The van der Waals surface area contributed by atoms with Crippen molar-refractivity contribution in [3.05, 3.63) is 12.0 Å². The Morgan fingerprint density at radius 3 is 2.72 bits per heavy atom. The molecule has 1 N–H and O–H groups in total. The Morgan fingerprint density at radius 2 is 2.11 bits per heavy atom. The van der Waals surface area contributed by atoms with Gasteiger partial charge in [0.25, 0.3) is 6.01 Å². The van der Waals surface area contributed by atoms with Crippen LogP contribution < -0.4 is 10.2 Å². The van der Waals surface area contributed by atoms with E-state index in [-0.39, 0.29) is 0 Å². The van der Waals surface area contributed by atoms with Crippen LogP contribution in [0.3, 0.4) is 0 Å². The average molecular weight is 269 g/mol. The summed E-state index contributed by atoms with van der Waals surface area (Å²) in [6.45, 7) is 11.6. The highest BCUT2D eigenvalue weighted by molar-refractivity contribution is 8.00. The molecular weight excluding hydrogens is 246 g/mol. The molecule has 4 nitrogen and oxygen atoms in total. The second-order valence-electron chi connectivity index (χ2n) is 5.32. The Bertz CT molecular complexity index is 370. The molecule has 1 fully saturated rings. The normalized spacial score (nSPS) is 24.8. The number of rotatable bonds is 4. The van der Waals surface area contributed by atoms with Crippen LogP contribution in [0.5, 0.6) is 0 Å². The van der Waals surface area contributed by atoms with Crippen LogP contribution in [0, 0.1) is 0 Å². The monoisotopic (exact) mass is 269 g/mol. The first-order valence-electron chi connectivity index (χ1n) is 6.62. The minimum atomic E-state index is 0.469. The quantitative estimate of drug-likeness (QED) is 0.909. The van der Waals surface area contributed by atoms with Crippen LogP contribution in [0.2, 0.25) is 0 Å². The molecule has 1 aliphatic rings. The van der Waals surface area contributed by atoms with E-state index in [0.717, 1.165) is 31.3 Å². The first-order chi connectivity index (χ1) is 8.54. The van der Waals surface area contributed by atoms with E-state index in [1.165, 1.54) is 0 Å². The lowest BCUT2D eigenvalue weighted by molar-refractivity contribution is 0.524. The maximum Gasteiger partial charge on any atom is 0.297 e. The standard InChI is InChI=1S/C13H23N3OS/c1-9(2)14-5-12-8-17-13(15-12)16-6-10(3)18-11(4)7-16/h8-11,14H,5-7H2,1-4H3. The first kappa shape index (κ1) is 13.7. The van der Waals surface area contributed by atoms with Crippen molar-refractivity contribution in [2.75, 3.05) is 18.0 Å². The lowest BCUT2D eigenvalue weighted by Crippen LogP contribution is -2.40. The van der Waals surface area contributed by atoms with Crippen LogP contribution >= 0.6 is 11.8 Å². The summed E-state index contributed by atoms with van der Waals surface area (Å²) < 4.78 is 5.60. The molecule has 0 amide bonds.